The Morgan fingerprint density at radius 3 is 1.94 bits per heavy atom. The molecule has 4 aromatic rings. The fraction of sp³-hybridized carbons (Fsp3) is 0.297. The van der Waals surface area contributed by atoms with Gasteiger partial charge in [-0.1, -0.05) is 72.8 Å². The van der Waals surface area contributed by atoms with Crippen LogP contribution in [0.5, 0.6) is 5.75 Å². The van der Waals surface area contributed by atoms with Crippen LogP contribution in [-0.2, 0) is 56.8 Å². The van der Waals surface area contributed by atoms with Crippen molar-refractivity contribution in [1.29, 1.82) is 0 Å². The van der Waals surface area contributed by atoms with E-state index in [9.17, 15) is 24.0 Å². The van der Waals surface area contributed by atoms with E-state index in [0.717, 1.165) is 16.8 Å². The average Bonchev–Trinajstić information content (AvgIpc) is 3.54. The van der Waals surface area contributed by atoms with E-state index in [1.54, 1.807) is 66.5 Å². The van der Waals surface area contributed by atoms with Crippen LogP contribution < -0.4 is 26.0 Å². The first-order valence-corrected chi connectivity index (χ1v) is 16.0. The van der Waals surface area contributed by atoms with Crippen molar-refractivity contribution in [3.63, 3.8) is 0 Å². The number of hydrogen-bond acceptors (Lipinski definition) is 7. The Morgan fingerprint density at radius 2 is 1.33 bits per heavy atom. The highest BCUT2D eigenvalue weighted by Crippen LogP contribution is 2.14. The van der Waals surface area contributed by atoms with Crippen molar-refractivity contribution in [3.8, 4) is 5.75 Å². The molecule has 0 radical (unpaired) electrons. The van der Waals surface area contributed by atoms with Crippen molar-refractivity contribution >= 4 is 29.4 Å². The van der Waals surface area contributed by atoms with Gasteiger partial charge < -0.3 is 26.0 Å². The van der Waals surface area contributed by atoms with E-state index in [1.807, 2.05) is 42.5 Å². The zero-order valence-corrected chi connectivity index (χ0v) is 27.8. The van der Waals surface area contributed by atoms with Crippen molar-refractivity contribution < 1.29 is 28.7 Å². The lowest BCUT2D eigenvalue weighted by atomic mass is 9.99. The smallest absolute Gasteiger partial charge is 0.289 e. The maximum atomic E-state index is 13.9. The molecule has 3 aromatic carbocycles. The van der Waals surface area contributed by atoms with Gasteiger partial charge in [0.25, 0.3) is 5.91 Å². The second-order valence-corrected chi connectivity index (χ2v) is 11.6. The maximum absolute atomic E-state index is 13.9. The lowest BCUT2D eigenvalue weighted by Gasteiger charge is -2.24. The summed E-state index contributed by atoms with van der Waals surface area (Å²) in [7, 11) is 3.32. The van der Waals surface area contributed by atoms with Gasteiger partial charge in [0.05, 0.1) is 7.11 Å². The molecule has 12 nitrogen and oxygen atoms in total. The molecule has 0 aliphatic heterocycles. The minimum atomic E-state index is -1.22. The first kappa shape index (κ1) is 36.1. The molecule has 49 heavy (non-hydrogen) atoms. The van der Waals surface area contributed by atoms with Crippen LogP contribution in [0.3, 0.4) is 0 Å². The van der Waals surface area contributed by atoms with E-state index >= 15 is 0 Å². The molecule has 0 aliphatic carbocycles. The minimum Gasteiger partial charge on any atom is -0.497 e. The largest absolute Gasteiger partial charge is 0.497 e. The summed E-state index contributed by atoms with van der Waals surface area (Å²) in [5, 5.41) is 14.9. The molecule has 12 heteroatoms. The lowest BCUT2D eigenvalue weighted by Crippen LogP contribution is -2.57. The zero-order valence-electron chi connectivity index (χ0n) is 27.8. The van der Waals surface area contributed by atoms with Crippen LogP contribution in [-0.4, -0.2) is 64.4 Å². The number of nitrogens with zero attached hydrogens (tertiary/aromatic N) is 2. The van der Waals surface area contributed by atoms with Gasteiger partial charge in [0.1, 0.15) is 23.9 Å². The molecule has 1 aromatic heterocycles. The number of benzene rings is 3. The number of carbonyl (C=O) groups is 5. The first-order chi connectivity index (χ1) is 23.6. The molecule has 0 spiro atoms. The third kappa shape index (κ3) is 11.2. The van der Waals surface area contributed by atoms with Gasteiger partial charge in [-0.05, 0) is 48.2 Å². The van der Waals surface area contributed by atoms with Crippen molar-refractivity contribution in [1.82, 2.24) is 31.0 Å². The molecular weight excluding hydrogens is 624 g/mol. The number of aromatic nitrogens is 2. The maximum Gasteiger partial charge on any atom is 0.289 e. The number of hydrogen-bond donors (Lipinski definition) is 4. The fourth-order valence-electron chi connectivity index (χ4n) is 5.13. The van der Waals surface area contributed by atoms with Crippen LogP contribution in [0.4, 0.5) is 0 Å². The molecular formula is C37H42N6O6. The molecule has 256 valence electrons. The molecule has 0 aliphatic rings. The Hall–Kier alpha value is -5.78. The monoisotopic (exact) mass is 666 g/mol. The van der Waals surface area contributed by atoms with Gasteiger partial charge in [-0.15, -0.1) is 0 Å². The molecule has 4 N–H and O–H groups in total. The molecule has 0 saturated heterocycles. The number of Topliss-reactive ketones (excluding diaryl/α,β-unsaturated/α-hetero) is 1. The standard InChI is InChI=1S/C37H42N6O6/c1-25(40-33(44)19-16-29-20-21-39-43(29)2)35(46)42-32(23-27-14-17-30(49-3)18-15-27)36(47)41-31(22-26-10-6-4-7-11-26)34(45)37(48)38-24-28-12-8-5-9-13-28/h4-15,17-18,20-21,25,31-32H,16,19,22-24H2,1-3H3,(H,38,48)(H,40,44)(H,41,47)(H,42,46)/t25-,31-,32-/m0/s1. The topological polar surface area (TPSA) is 161 Å². The van der Waals surface area contributed by atoms with Crippen LogP contribution in [0.25, 0.3) is 0 Å². The van der Waals surface area contributed by atoms with Crippen LogP contribution in [0.15, 0.2) is 97.2 Å². The number of methoxy groups -OCH3 is 1. The number of aryl methyl sites for hydroxylation is 2. The van der Waals surface area contributed by atoms with Crippen LogP contribution in [0.2, 0.25) is 0 Å². The number of amides is 4. The van der Waals surface area contributed by atoms with E-state index in [0.29, 0.717) is 17.7 Å². The number of ether oxygens (including phenoxy) is 1. The Balaban J connectivity index is 1.48. The second kappa shape index (κ2) is 17.9. The Morgan fingerprint density at radius 1 is 0.735 bits per heavy atom. The summed E-state index contributed by atoms with van der Waals surface area (Å²) < 4.78 is 6.92. The Kier molecular flexibility index (Phi) is 13.2. The van der Waals surface area contributed by atoms with E-state index in [1.165, 1.54) is 14.0 Å². The molecule has 0 bridgehead atoms. The molecule has 0 fully saturated rings. The molecule has 4 rings (SSSR count). The van der Waals surface area contributed by atoms with E-state index in [-0.39, 0.29) is 31.7 Å². The highest BCUT2D eigenvalue weighted by Gasteiger charge is 2.31. The number of nitrogens with one attached hydrogen (secondary N) is 4. The molecule has 1 heterocycles. The van der Waals surface area contributed by atoms with Crippen LogP contribution in [0.1, 0.15) is 35.7 Å². The highest BCUT2D eigenvalue weighted by atomic mass is 16.5. The predicted octanol–water partition coefficient (Wildman–Crippen LogP) is 2.21. The van der Waals surface area contributed by atoms with Gasteiger partial charge in [-0.2, -0.15) is 5.10 Å². The summed E-state index contributed by atoms with van der Waals surface area (Å²) in [6.45, 7) is 1.66. The van der Waals surface area contributed by atoms with E-state index in [4.69, 9.17) is 4.74 Å². The predicted molar refractivity (Wildman–Crippen MR) is 183 cm³/mol. The Labute approximate surface area is 285 Å². The normalized spacial score (nSPS) is 12.6. The molecule has 3 atom stereocenters. The van der Waals surface area contributed by atoms with Gasteiger partial charge in [-0.25, -0.2) is 0 Å². The molecule has 4 amide bonds. The van der Waals surface area contributed by atoms with Crippen LogP contribution >= 0.6 is 0 Å². The third-order valence-electron chi connectivity index (χ3n) is 7.97. The highest BCUT2D eigenvalue weighted by molar-refractivity contribution is 6.38. The summed E-state index contributed by atoms with van der Waals surface area (Å²) >= 11 is 0. The van der Waals surface area contributed by atoms with Crippen LogP contribution in [0, 0.1) is 0 Å². The number of carbonyl (C=O) groups excluding carboxylic acids is 5. The summed E-state index contributed by atoms with van der Waals surface area (Å²) in [6.07, 6.45) is 2.34. The fourth-order valence-corrected chi connectivity index (χ4v) is 5.13. The molecule has 0 unspecified atom stereocenters. The van der Waals surface area contributed by atoms with Crippen molar-refractivity contribution in [3.05, 3.63) is 120 Å². The third-order valence-corrected chi connectivity index (χ3v) is 7.97. The Bertz CT molecular complexity index is 1710. The SMILES string of the molecule is COc1ccc(C[C@H](NC(=O)[C@H](C)NC(=O)CCc2ccnn2C)C(=O)N[C@@H](Cc2ccccc2)C(=O)C(=O)NCc2ccccc2)cc1. The second-order valence-electron chi connectivity index (χ2n) is 11.6. The number of rotatable bonds is 17. The van der Waals surface area contributed by atoms with E-state index in [2.05, 4.69) is 26.4 Å². The lowest BCUT2D eigenvalue weighted by molar-refractivity contribution is -0.140. The van der Waals surface area contributed by atoms with Gasteiger partial charge in [0.2, 0.25) is 23.5 Å². The van der Waals surface area contributed by atoms with Gasteiger partial charge in [0.15, 0.2) is 0 Å². The summed E-state index contributed by atoms with van der Waals surface area (Å²) in [5.41, 5.74) is 3.13. The summed E-state index contributed by atoms with van der Waals surface area (Å²) in [5.74, 6) is -2.64. The summed E-state index contributed by atoms with van der Waals surface area (Å²) in [4.78, 5) is 66.4. The van der Waals surface area contributed by atoms with Crippen molar-refractivity contribution in [2.45, 2.75) is 57.3 Å². The van der Waals surface area contributed by atoms with Gasteiger partial charge in [0, 0.05) is 44.7 Å². The van der Waals surface area contributed by atoms with Gasteiger partial charge >= 0.3 is 0 Å². The molecule has 0 saturated carbocycles. The van der Waals surface area contributed by atoms with E-state index < -0.39 is 41.6 Å². The summed E-state index contributed by atoms with van der Waals surface area (Å²) in [6, 6.07) is 23.6. The van der Waals surface area contributed by atoms with Crippen molar-refractivity contribution in [2.75, 3.05) is 7.11 Å². The van der Waals surface area contributed by atoms with Gasteiger partial charge in [-0.3, -0.25) is 28.7 Å². The first-order valence-electron chi connectivity index (χ1n) is 16.0. The number of ketones is 1. The quantitative estimate of drug-likeness (QED) is 0.126. The average molecular weight is 667 g/mol. The minimum absolute atomic E-state index is 0.0521. The zero-order chi connectivity index (χ0) is 35.2. The van der Waals surface area contributed by atoms with Crippen molar-refractivity contribution in [2.24, 2.45) is 7.05 Å².